The number of carbonyl (C=O) groups is 3. The van der Waals surface area contributed by atoms with Gasteiger partial charge in [0.25, 0.3) is 11.1 Å². The zero-order valence-corrected chi connectivity index (χ0v) is 23.6. The Bertz CT molecular complexity index is 1410. The second-order valence-corrected chi connectivity index (χ2v) is 13.4. The summed E-state index contributed by atoms with van der Waals surface area (Å²) in [6.07, 6.45) is -0.259. The molecule has 1 fully saturated rings. The van der Waals surface area contributed by atoms with E-state index in [1.54, 1.807) is 32.9 Å². The summed E-state index contributed by atoms with van der Waals surface area (Å²) in [5.41, 5.74) is 0.302. The Morgan fingerprint density at radius 2 is 1.84 bits per heavy atom. The van der Waals surface area contributed by atoms with Crippen molar-refractivity contribution in [2.24, 2.45) is 0 Å². The summed E-state index contributed by atoms with van der Waals surface area (Å²) in [5.74, 6) is 5.42. The molecule has 0 spiro atoms. The van der Waals surface area contributed by atoms with Crippen molar-refractivity contribution in [2.45, 2.75) is 54.6 Å². The van der Waals surface area contributed by atoms with Gasteiger partial charge in [-0.25, -0.2) is 13.2 Å². The molecule has 2 aromatic rings. The number of benzene rings is 2. The standard InChI is InChI=1S/C26H27ClN2O7S2/c1-25(2,3)36-23(31)28-18-10-9-17(21(27)16-18)8-6-5-7-15-26(22(30)29-24(32)37-26)38(33,34)20-13-11-19(35-4)12-14-20/h9-14,16H,5,7,15H2,1-4H3,(H,28,31)(H,29,30,32). The highest BCUT2D eigenvalue weighted by Crippen LogP contribution is 2.44. The first-order chi connectivity index (χ1) is 17.8. The molecule has 1 heterocycles. The van der Waals surface area contributed by atoms with Gasteiger partial charge in [0.05, 0.1) is 17.0 Å². The first-order valence-electron chi connectivity index (χ1n) is 11.5. The first-order valence-corrected chi connectivity index (χ1v) is 14.2. The van der Waals surface area contributed by atoms with Crippen LogP contribution in [0.25, 0.3) is 0 Å². The Hall–Kier alpha value is -3.20. The summed E-state index contributed by atoms with van der Waals surface area (Å²) < 4.78 is 35.2. The molecule has 1 atom stereocenters. The van der Waals surface area contributed by atoms with Gasteiger partial charge < -0.3 is 9.47 Å². The molecule has 12 heteroatoms. The van der Waals surface area contributed by atoms with E-state index in [-0.39, 0.29) is 24.2 Å². The predicted octanol–water partition coefficient (Wildman–Crippen LogP) is 5.37. The SMILES string of the molecule is COc1ccc(S(=O)(=O)C2(CCCC#Cc3ccc(NC(=O)OC(C)(C)C)cc3Cl)SC(=O)NC2=O)cc1. The van der Waals surface area contributed by atoms with Crippen LogP contribution in [-0.4, -0.2) is 42.4 Å². The Morgan fingerprint density at radius 3 is 2.39 bits per heavy atom. The number of thioether (sulfide) groups is 1. The van der Waals surface area contributed by atoms with Crippen LogP contribution in [0.5, 0.6) is 5.75 Å². The van der Waals surface area contributed by atoms with Crippen LogP contribution in [0.2, 0.25) is 5.02 Å². The number of imide groups is 1. The van der Waals surface area contributed by atoms with Gasteiger partial charge in [-0.1, -0.05) is 23.4 Å². The number of ether oxygens (including phenoxy) is 2. The number of sulfone groups is 1. The van der Waals surface area contributed by atoms with E-state index in [0.717, 1.165) is 0 Å². The van der Waals surface area contributed by atoms with Crippen molar-refractivity contribution in [2.75, 3.05) is 12.4 Å². The molecule has 2 aromatic carbocycles. The van der Waals surface area contributed by atoms with Crippen LogP contribution in [-0.2, 0) is 19.4 Å². The summed E-state index contributed by atoms with van der Waals surface area (Å²) in [4.78, 5) is 36.6. The number of methoxy groups -OCH3 is 1. The van der Waals surface area contributed by atoms with E-state index in [4.69, 9.17) is 21.1 Å². The fraction of sp³-hybridized carbons (Fsp3) is 0.346. The molecule has 38 heavy (non-hydrogen) atoms. The number of hydrogen-bond donors (Lipinski definition) is 2. The van der Waals surface area contributed by atoms with Crippen LogP contribution >= 0.6 is 23.4 Å². The number of amides is 3. The molecule has 0 aromatic heterocycles. The van der Waals surface area contributed by atoms with Crippen molar-refractivity contribution in [1.82, 2.24) is 5.32 Å². The molecule has 9 nitrogen and oxygen atoms in total. The molecule has 1 unspecified atom stereocenters. The third kappa shape index (κ3) is 6.81. The molecule has 1 saturated heterocycles. The van der Waals surface area contributed by atoms with Gasteiger partial charge in [-0.15, -0.1) is 0 Å². The minimum Gasteiger partial charge on any atom is -0.497 e. The quantitative estimate of drug-likeness (QED) is 0.331. The van der Waals surface area contributed by atoms with Gasteiger partial charge in [0.2, 0.25) is 13.9 Å². The number of rotatable bonds is 7. The lowest BCUT2D eigenvalue weighted by molar-refractivity contribution is -0.120. The van der Waals surface area contributed by atoms with Crippen molar-refractivity contribution >= 4 is 56.1 Å². The highest BCUT2D eigenvalue weighted by molar-refractivity contribution is 8.25. The van der Waals surface area contributed by atoms with E-state index >= 15 is 0 Å². The number of carbonyl (C=O) groups excluding carboxylic acids is 3. The smallest absolute Gasteiger partial charge is 0.412 e. The zero-order valence-electron chi connectivity index (χ0n) is 21.2. The number of halogens is 1. The molecule has 2 N–H and O–H groups in total. The minimum absolute atomic E-state index is 0.0893. The van der Waals surface area contributed by atoms with Crippen LogP contribution in [0.1, 0.15) is 45.6 Å². The van der Waals surface area contributed by atoms with E-state index in [0.29, 0.717) is 33.8 Å². The van der Waals surface area contributed by atoms with Crippen molar-refractivity contribution in [1.29, 1.82) is 0 Å². The second-order valence-electron chi connectivity index (χ2n) is 9.25. The lowest BCUT2D eigenvalue weighted by atomic mass is 10.1. The van der Waals surface area contributed by atoms with E-state index in [9.17, 15) is 22.8 Å². The van der Waals surface area contributed by atoms with Crippen LogP contribution in [0, 0.1) is 11.8 Å². The number of nitrogens with one attached hydrogen (secondary N) is 2. The fourth-order valence-corrected chi connectivity index (χ4v) is 7.11. The Kier molecular flexibility index (Phi) is 9.02. The van der Waals surface area contributed by atoms with E-state index in [1.807, 2.05) is 0 Å². The zero-order chi connectivity index (χ0) is 28.1. The maximum atomic E-state index is 13.5. The second kappa shape index (κ2) is 11.7. The van der Waals surface area contributed by atoms with Gasteiger partial charge in [0.1, 0.15) is 11.4 Å². The number of hydrogen-bond acceptors (Lipinski definition) is 8. The maximum Gasteiger partial charge on any atom is 0.412 e. The maximum absolute atomic E-state index is 13.5. The van der Waals surface area contributed by atoms with Crippen molar-refractivity contribution in [3.63, 3.8) is 0 Å². The average molecular weight is 579 g/mol. The molecule has 3 rings (SSSR count). The summed E-state index contributed by atoms with van der Waals surface area (Å²) in [6.45, 7) is 5.26. The lowest BCUT2D eigenvalue weighted by Crippen LogP contribution is -2.43. The largest absolute Gasteiger partial charge is 0.497 e. The molecule has 0 saturated carbocycles. The summed E-state index contributed by atoms with van der Waals surface area (Å²) in [7, 11) is -2.77. The predicted molar refractivity (Wildman–Crippen MR) is 146 cm³/mol. The third-order valence-corrected chi connectivity index (χ3v) is 9.65. The van der Waals surface area contributed by atoms with Gasteiger partial charge in [-0.05, 0) is 87.8 Å². The molecule has 0 bridgehead atoms. The summed E-state index contributed by atoms with van der Waals surface area (Å²) in [6, 6.07) is 10.4. The van der Waals surface area contributed by atoms with Crippen LogP contribution in [0.15, 0.2) is 47.4 Å². The average Bonchev–Trinajstić information content (AvgIpc) is 3.13. The van der Waals surface area contributed by atoms with Crippen LogP contribution < -0.4 is 15.4 Å². The van der Waals surface area contributed by atoms with Crippen LogP contribution in [0.4, 0.5) is 15.3 Å². The van der Waals surface area contributed by atoms with Gasteiger partial charge in [-0.3, -0.25) is 20.2 Å². The Labute approximate surface area is 230 Å². The molecular weight excluding hydrogens is 552 g/mol. The van der Waals surface area contributed by atoms with Crippen molar-refractivity contribution in [3.8, 4) is 17.6 Å². The van der Waals surface area contributed by atoms with Crippen molar-refractivity contribution < 1.29 is 32.3 Å². The van der Waals surface area contributed by atoms with E-state index in [2.05, 4.69) is 22.5 Å². The van der Waals surface area contributed by atoms with Gasteiger partial charge >= 0.3 is 6.09 Å². The van der Waals surface area contributed by atoms with Crippen LogP contribution in [0.3, 0.4) is 0 Å². The number of unbranched alkanes of at least 4 members (excludes halogenated alkanes) is 1. The normalized spacial score (nSPS) is 17.3. The van der Waals surface area contributed by atoms with E-state index in [1.165, 1.54) is 37.4 Å². The highest BCUT2D eigenvalue weighted by Gasteiger charge is 2.57. The molecule has 202 valence electrons. The number of anilines is 1. The van der Waals surface area contributed by atoms with Crippen molar-refractivity contribution in [3.05, 3.63) is 53.1 Å². The molecule has 1 aliphatic heterocycles. The van der Waals surface area contributed by atoms with Gasteiger partial charge in [-0.2, -0.15) is 0 Å². The minimum atomic E-state index is -4.22. The molecule has 1 aliphatic rings. The third-order valence-electron chi connectivity index (χ3n) is 5.27. The van der Waals surface area contributed by atoms with E-state index < -0.39 is 36.8 Å². The molecule has 3 amide bonds. The fourth-order valence-electron chi connectivity index (χ4n) is 3.51. The highest BCUT2D eigenvalue weighted by atomic mass is 35.5. The summed E-state index contributed by atoms with van der Waals surface area (Å²) in [5, 5.41) is 4.28. The lowest BCUT2D eigenvalue weighted by Gasteiger charge is -2.24. The monoisotopic (exact) mass is 578 g/mol. The Balaban J connectivity index is 1.70. The topological polar surface area (TPSA) is 128 Å². The summed E-state index contributed by atoms with van der Waals surface area (Å²) >= 11 is 6.76. The van der Waals surface area contributed by atoms with Gasteiger partial charge in [0, 0.05) is 17.7 Å². The molecule has 0 aliphatic carbocycles. The first kappa shape index (κ1) is 29.4. The van der Waals surface area contributed by atoms with Gasteiger partial charge in [0.15, 0.2) is 0 Å². The molecule has 0 radical (unpaired) electrons. The molecular formula is C26H27ClN2O7S2. The Morgan fingerprint density at radius 1 is 1.16 bits per heavy atom.